The number of nitrogens with one attached hydrogen (secondary N) is 2. The zero-order valence-corrected chi connectivity index (χ0v) is 14.5. The summed E-state index contributed by atoms with van der Waals surface area (Å²) in [6.07, 6.45) is 0.636. The molecule has 0 bridgehead atoms. The highest BCUT2D eigenvalue weighted by molar-refractivity contribution is 6.40. The molecular formula is C21H20N2O3. The Bertz CT molecular complexity index is 915. The van der Waals surface area contributed by atoms with Gasteiger partial charge in [-0.15, -0.1) is 0 Å². The molecule has 0 aliphatic carbocycles. The van der Waals surface area contributed by atoms with Crippen molar-refractivity contribution in [2.45, 2.75) is 6.42 Å². The van der Waals surface area contributed by atoms with Crippen LogP contribution in [0.2, 0.25) is 0 Å². The fourth-order valence-electron chi connectivity index (χ4n) is 2.71. The highest BCUT2D eigenvalue weighted by Crippen LogP contribution is 2.22. The Hall–Kier alpha value is -3.34. The van der Waals surface area contributed by atoms with Crippen LogP contribution in [-0.4, -0.2) is 25.5 Å². The number of ether oxygens (including phenoxy) is 1. The van der Waals surface area contributed by atoms with E-state index >= 15 is 0 Å². The van der Waals surface area contributed by atoms with Crippen molar-refractivity contribution in [1.29, 1.82) is 0 Å². The second-order valence-corrected chi connectivity index (χ2v) is 5.83. The van der Waals surface area contributed by atoms with E-state index in [0.717, 1.165) is 22.1 Å². The fraction of sp³-hybridized carbons (Fsp3) is 0.143. The van der Waals surface area contributed by atoms with Gasteiger partial charge in [0.05, 0.1) is 7.11 Å². The zero-order valence-electron chi connectivity index (χ0n) is 14.5. The molecule has 0 spiro atoms. The molecule has 26 heavy (non-hydrogen) atoms. The Kier molecular flexibility index (Phi) is 5.49. The predicted molar refractivity (Wildman–Crippen MR) is 102 cm³/mol. The second kappa shape index (κ2) is 8.16. The standard InChI is InChI=1S/C21H20N2O3/c1-26-17-11-9-15(10-12-17)13-14-22-20(24)21(25)23-19-8-4-6-16-5-2-3-7-18(16)19/h2-12H,13-14H2,1H3,(H,22,24)(H,23,25). The lowest BCUT2D eigenvalue weighted by Gasteiger charge is -2.09. The predicted octanol–water partition coefficient (Wildman–Crippen LogP) is 3.15. The van der Waals surface area contributed by atoms with Crippen LogP contribution in [0.1, 0.15) is 5.56 Å². The largest absolute Gasteiger partial charge is 0.497 e. The zero-order chi connectivity index (χ0) is 18.4. The SMILES string of the molecule is COc1ccc(CCNC(=O)C(=O)Nc2cccc3ccccc23)cc1. The smallest absolute Gasteiger partial charge is 0.313 e. The first-order valence-corrected chi connectivity index (χ1v) is 8.37. The Morgan fingerprint density at radius 1 is 0.885 bits per heavy atom. The van der Waals surface area contributed by atoms with Crippen molar-refractivity contribution in [1.82, 2.24) is 5.32 Å². The molecule has 0 unspecified atom stereocenters. The van der Waals surface area contributed by atoms with Crippen molar-refractivity contribution < 1.29 is 14.3 Å². The number of anilines is 1. The van der Waals surface area contributed by atoms with Crippen LogP contribution in [0.5, 0.6) is 5.75 Å². The molecule has 0 aliphatic heterocycles. The van der Waals surface area contributed by atoms with Crippen molar-refractivity contribution in [3.05, 3.63) is 72.3 Å². The van der Waals surface area contributed by atoms with E-state index in [2.05, 4.69) is 10.6 Å². The van der Waals surface area contributed by atoms with E-state index in [4.69, 9.17) is 4.74 Å². The second-order valence-electron chi connectivity index (χ2n) is 5.83. The average molecular weight is 348 g/mol. The number of fused-ring (bicyclic) bond motifs is 1. The summed E-state index contributed by atoms with van der Waals surface area (Å²) in [6, 6.07) is 20.9. The summed E-state index contributed by atoms with van der Waals surface area (Å²) >= 11 is 0. The van der Waals surface area contributed by atoms with Crippen molar-refractivity contribution in [3.63, 3.8) is 0 Å². The Balaban J connectivity index is 1.55. The van der Waals surface area contributed by atoms with Crippen LogP contribution >= 0.6 is 0 Å². The first kappa shape index (κ1) is 17.5. The maximum atomic E-state index is 12.1. The lowest BCUT2D eigenvalue weighted by molar-refractivity contribution is -0.136. The lowest BCUT2D eigenvalue weighted by Crippen LogP contribution is -2.36. The maximum absolute atomic E-state index is 12.1. The number of carbonyl (C=O) groups excluding carboxylic acids is 2. The molecule has 132 valence electrons. The highest BCUT2D eigenvalue weighted by Gasteiger charge is 2.14. The summed E-state index contributed by atoms with van der Waals surface area (Å²) in [5.74, 6) is -0.533. The third-order valence-corrected chi connectivity index (χ3v) is 4.10. The van der Waals surface area contributed by atoms with Gasteiger partial charge in [-0.3, -0.25) is 9.59 Å². The first-order chi connectivity index (χ1) is 12.7. The quantitative estimate of drug-likeness (QED) is 0.696. The molecule has 0 heterocycles. The molecule has 2 amide bonds. The third-order valence-electron chi connectivity index (χ3n) is 4.10. The molecule has 0 saturated heterocycles. The number of amides is 2. The van der Waals surface area contributed by atoms with Crippen molar-refractivity contribution in [2.75, 3.05) is 19.0 Å². The Morgan fingerprint density at radius 3 is 2.38 bits per heavy atom. The van der Waals surface area contributed by atoms with Crippen molar-refractivity contribution in [3.8, 4) is 5.75 Å². The minimum absolute atomic E-state index is 0.383. The molecule has 3 aromatic rings. The Labute approximate surface area is 152 Å². The van der Waals surface area contributed by atoms with E-state index in [0.29, 0.717) is 18.7 Å². The van der Waals surface area contributed by atoms with E-state index < -0.39 is 11.8 Å². The van der Waals surface area contributed by atoms with Gasteiger partial charge < -0.3 is 15.4 Å². The van der Waals surface area contributed by atoms with Gasteiger partial charge in [0.15, 0.2) is 0 Å². The van der Waals surface area contributed by atoms with Gasteiger partial charge in [0.2, 0.25) is 0 Å². The third kappa shape index (κ3) is 4.19. The molecule has 0 aliphatic rings. The van der Waals surface area contributed by atoms with Crippen molar-refractivity contribution >= 4 is 28.3 Å². The molecule has 0 saturated carbocycles. The molecule has 0 radical (unpaired) electrons. The van der Waals surface area contributed by atoms with Crippen LogP contribution in [0.25, 0.3) is 10.8 Å². The van der Waals surface area contributed by atoms with Gasteiger partial charge in [0.1, 0.15) is 5.75 Å². The summed E-state index contributed by atoms with van der Waals surface area (Å²) in [5.41, 5.74) is 1.68. The van der Waals surface area contributed by atoms with Crippen LogP contribution in [0.15, 0.2) is 66.7 Å². The minimum atomic E-state index is -0.670. The van der Waals surface area contributed by atoms with Gasteiger partial charge >= 0.3 is 11.8 Å². The number of benzene rings is 3. The van der Waals surface area contributed by atoms with E-state index in [1.165, 1.54) is 0 Å². The molecule has 3 aromatic carbocycles. The maximum Gasteiger partial charge on any atom is 0.313 e. The van der Waals surface area contributed by atoms with Gasteiger partial charge in [-0.1, -0.05) is 48.5 Å². The van der Waals surface area contributed by atoms with Crippen LogP contribution in [0.3, 0.4) is 0 Å². The summed E-state index contributed by atoms with van der Waals surface area (Å²) in [4.78, 5) is 24.2. The number of carbonyl (C=O) groups is 2. The van der Waals surface area contributed by atoms with E-state index in [1.54, 1.807) is 13.2 Å². The van der Waals surface area contributed by atoms with Gasteiger partial charge in [-0.05, 0) is 35.6 Å². The molecule has 0 atom stereocenters. The number of hydrogen-bond acceptors (Lipinski definition) is 3. The number of methoxy groups -OCH3 is 1. The van der Waals surface area contributed by atoms with Crippen LogP contribution in [-0.2, 0) is 16.0 Å². The van der Waals surface area contributed by atoms with E-state index in [1.807, 2.05) is 60.7 Å². The number of rotatable bonds is 5. The summed E-state index contributed by atoms with van der Waals surface area (Å²) < 4.78 is 5.11. The van der Waals surface area contributed by atoms with Gasteiger partial charge in [0.25, 0.3) is 0 Å². The molecule has 3 rings (SSSR count). The van der Waals surface area contributed by atoms with E-state index in [-0.39, 0.29) is 0 Å². The fourth-order valence-corrected chi connectivity index (χ4v) is 2.71. The summed E-state index contributed by atoms with van der Waals surface area (Å²) in [7, 11) is 1.61. The van der Waals surface area contributed by atoms with Crippen LogP contribution in [0.4, 0.5) is 5.69 Å². The molecule has 2 N–H and O–H groups in total. The highest BCUT2D eigenvalue weighted by atomic mass is 16.5. The van der Waals surface area contributed by atoms with Crippen LogP contribution in [0, 0.1) is 0 Å². The first-order valence-electron chi connectivity index (χ1n) is 8.37. The summed E-state index contributed by atoms with van der Waals surface area (Å²) in [6.45, 7) is 0.383. The number of hydrogen-bond donors (Lipinski definition) is 2. The molecule has 0 fully saturated rings. The van der Waals surface area contributed by atoms with E-state index in [9.17, 15) is 9.59 Å². The summed E-state index contributed by atoms with van der Waals surface area (Å²) in [5, 5.41) is 7.23. The van der Waals surface area contributed by atoms with Gasteiger partial charge in [0, 0.05) is 17.6 Å². The van der Waals surface area contributed by atoms with Crippen LogP contribution < -0.4 is 15.4 Å². The van der Waals surface area contributed by atoms with Crippen molar-refractivity contribution in [2.24, 2.45) is 0 Å². The monoisotopic (exact) mass is 348 g/mol. The minimum Gasteiger partial charge on any atom is -0.497 e. The van der Waals surface area contributed by atoms with Gasteiger partial charge in [-0.25, -0.2) is 0 Å². The molecule has 5 nitrogen and oxygen atoms in total. The molecule has 0 aromatic heterocycles. The molecular weight excluding hydrogens is 328 g/mol. The topological polar surface area (TPSA) is 67.4 Å². The molecule has 5 heteroatoms. The normalized spacial score (nSPS) is 10.3. The van der Waals surface area contributed by atoms with Gasteiger partial charge in [-0.2, -0.15) is 0 Å². The lowest BCUT2D eigenvalue weighted by atomic mass is 10.1. The Morgan fingerprint density at radius 2 is 1.62 bits per heavy atom. The average Bonchev–Trinajstić information content (AvgIpc) is 2.68.